The summed E-state index contributed by atoms with van der Waals surface area (Å²) in [5, 5.41) is 0.683. The molecule has 8 nitrogen and oxygen atoms in total. The highest BCUT2D eigenvalue weighted by Crippen LogP contribution is 2.53. The standard InChI is InChI=1S/C31H22BrCl2F2N2O6P/c1-41-30(39)25-5-3-2-4-24(25)20-8-10-21(11-9-20)29-16-37-31(42-29)38(23-12-13-27(33)28(34)15-23)17-19-6-7-22(26(32)14-19)18-45(40,43-35)44-36/h2-16H,17-18H2,1H3. The summed E-state index contributed by atoms with van der Waals surface area (Å²) in [5.41, 5.74) is 4.38. The van der Waals surface area contributed by atoms with Crippen LogP contribution in [0.2, 0.25) is 10.0 Å². The molecule has 5 aromatic rings. The normalized spacial score (nSPS) is 11.4. The van der Waals surface area contributed by atoms with Crippen molar-refractivity contribution in [2.75, 3.05) is 12.0 Å². The highest BCUT2D eigenvalue weighted by molar-refractivity contribution is 9.10. The average Bonchev–Trinajstić information content (AvgIpc) is 3.56. The Balaban J connectivity index is 1.45. The predicted molar refractivity (Wildman–Crippen MR) is 171 cm³/mol. The molecule has 0 atom stereocenters. The molecule has 1 aromatic heterocycles. The van der Waals surface area contributed by atoms with E-state index in [0.717, 1.165) is 22.3 Å². The summed E-state index contributed by atoms with van der Waals surface area (Å²) in [4.78, 5) is 18.5. The molecule has 45 heavy (non-hydrogen) atoms. The van der Waals surface area contributed by atoms with Gasteiger partial charge < -0.3 is 9.15 Å². The fourth-order valence-corrected chi connectivity index (χ4v) is 6.44. The summed E-state index contributed by atoms with van der Waals surface area (Å²) in [6.45, 7) is 0.219. The van der Waals surface area contributed by atoms with Crippen molar-refractivity contribution in [3.05, 3.63) is 122 Å². The van der Waals surface area contributed by atoms with E-state index in [0.29, 0.717) is 37.1 Å². The van der Waals surface area contributed by atoms with Crippen LogP contribution in [0.15, 0.2) is 100 Å². The first kappa shape index (κ1) is 32.8. The van der Waals surface area contributed by atoms with E-state index in [9.17, 15) is 18.4 Å². The van der Waals surface area contributed by atoms with Gasteiger partial charge in [0.25, 0.3) is 0 Å². The van der Waals surface area contributed by atoms with Gasteiger partial charge in [-0.3, -0.25) is 9.46 Å². The van der Waals surface area contributed by atoms with Crippen LogP contribution in [0.4, 0.5) is 20.8 Å². The van der Waals surface area contributed by atoms with Crippen LogP contribution in [0.25, 0.3) is 22.5 Å². The molecule has 0 spiro atoms. The van der Waals surface area contributed by atoms with Gasteiger partial charge in [-0.05, 0) is 61.6 Å². The zero-order valence-corrected chi connectivity index (χ0v) is 27.2. The van der Waals surface area contributed by atoms with E-state index in [1.54, 1.807) is 53.6 Å². The Morgan fingerprint density at radius 1 is 0.956 bits per heavy atom. The van der Waals surface area contributed by atoms with Gasteiger partial charge in [0.2, 0.25) is 0 Å². The van der Waals surface area contributed by atoms with Crippen LogP contribution in [-0.2, 0) is 31.5 Å². The largest absolute Gasteiger partial charge is 0.465 e. The van der Waals surface area contributed by atoms with Crippen LogP contribution in [-0.4, -0.2) is 18.1 Å². The van der Waals surface area contributed by atoms with Crippen molar-refractivity contribution in [3.63, 3.8) is 0 Å². The van der Waals surface area contributed by atoms with Crippen LogP contribution >= 0.6 is 46.7 Å². The number of benzene rings is 4. The number of oxazole rings is 1. The maximum Gasteiger partial charge on any atom is 0.399 e. The van der Waals surface area contributed by atoms with Crippen molar-refractivity contribution in [1.82, 2.24) is 4.98 Å². The van der Waals surface area contributed by atoms with Gasteiger partial charge in [-0.1, -0.05) is 93.7 Å². The number of aromatic nitrogens is 1. The highest BCUT2D eigenvalue weighted by atomic mass is 79.9. The lowest BCUT2D eigenvalue weighted by Gasteiger charge is -2.22. The number of methoxy groups -OCH3 is 1. The lowest BCUT2D eigenvalue weighted by Crippen LogP contribution is -2.17. The molecule has 4 aromatic carbocycles. The van der Waals surface area contributed by atoms with E-state index >= 15 is 0 Å². The summed E-state index contributed by atoms with van der Waals surface area (Å²) in [7, 11) is -3.24. The number of nitrogens with zero attached hydrogens (tertiary/aromatic N) is 2. The Hall–Kier alpha value is -3.57. The Bertz CT molecular complexity index is 1880. The molecule has 232 valence electrons. The van der Waals surface area contributed by atoms with E-state index < -0.39 is 19.7 Å². The topological polar surface area (TPSA) is 91.1 Å². The predicted octanol–water partition coefficient (Wildman–Crippen LogP) is 10.7. The third kappa shape index (κ3) is 7.47. The lowest BCUT2D eigenvalue weighted by atomic mass is 9.98. The number of hydrogen-bond acceptors (Lipinski definition) is 8. The summed E-state index contributed by atoms with van der Waals surface area (Å²) < 4.78 is 55.2. The monoisotopic (exact) mass is 736 g/mol. The van der Waals surface area contributed by atoms with Gasteiger partial charge in [-0.25, -0.2) is 9.78 Å². The van der Waals surface area contributed by atoms with Gasteiger partial charge in [-0.15, -0.1) is 9.46 Å². The zero-order chi connectivity index (χ0) is 32.1. The fourth-order valence-electron chi connectivity index (χ4n) is 4.55. The van der Waals surface area contributed by atoms with E-state index in [1.807, 2.05) is 36.4 Å². The van der Waals surface area contributed by atoms with E-state index in [4.69, 9.17) is 32.4 Å². The molecule has 0 unspecified atom stereocenters. The molecule has 0 bridgehead atoms. The van der Waals surface area contributed by atoms with Crippen LogP contribution in [0.1, 0.15) is 21.5 Å². The molecule has 0 fully saturated rings. The Kier molecular flexibility index (Phi) is 10.4. The van der Waals surface area contributed by atoms with Crippen LogP contribution < -0.4 is 4.90 Å². The first-order valence-corrected chi connectivity index (χ1v) is 16.4. The van der Waals surface area contributed by atoms with Crippen LogP contribution in [0, 0.1) is 0 Å². The SMILES string of the molecule is COC(=O)c1ccccc1-c1ccc(-c2cnc(N(Cc3ccc(CP(=O)(OF)OF)c(Br)c3)c3ccc(Cl)c(Cl)c3)o2)cc1. The molecule has 5 rings (SSSR count). The van der Waals surface area contributed by atoms with Crippen molar-refractivity contribution in [2.24, 2.45) is 0 Å². The summed E-state index contributed by atoms with van der Waals surface area (Å²) >= 11 is 15.9. The van der Waals surface area contributed by atoms with Gasteiger partial charge in [0, 0.05) is 15.7 Å². The number of carbonyl (C=O) groups excluding carboxylic acids is 1. The van der Waals surface area contributed by atoms with Crippen LogP contribution in [0.3, 0.4) is 0 Å². The average molecular weight is 738 g/mol. The number of carbonyl (C=O) groups is 1. The number of esters is 1. The molecule has 0 aliphatic carbocycles. The molecule has 1 heterocycles. The van der Waals surface area contributed by atoms with Crippen molar-refractivity contribution >= 4 is 64.4 Å². The van der Waals surface area contributed by atoms with Crippen molar-refractivity contribution in [3.8, 4) is 22.5 Å². The molecule has 14 heteroatoms. The summed E-state index contributed by atoms with van der Waals surface area (Å²) in [6, 6.07) is 24.8. The minimum absolute atomic E-state index is 0.219. The molecule has 0 saturated heterocycles. The Morgan fingerprint density at radius 3 is 2.33 bits per heavy atom. The second kappa shape index (κ2) is 14.2. The number of rotatable bonds is 11. The van der Waals surface area contributed by atoms with Gasteiger partial charge in [0.05, 0.1) is 41.6 Å². The van der Waals surface area contributed by atoms with E-state index in [1.165, 1.54) is 13.2 Å². The van der Waals surface area contributed by atoms with Crippen molar-refractivity contribution in [2.45, 2.75) is 12.7 Å². The first-order valence-electron chi connectivity index (χ1n) is 13.1. The molecular formula is C31H22BrCl2F2N2O6P. The molecule has 0 N–H and O–H groups in total. The maximum absolute atomic E-state index is 12.6. The number of ether oxygens (including phenoxy) is 1. The lowest BCUT2D eigenvalue weighted by molar-refractivity contribution is -0.0881. The highest BCUT2D eigenvalue weighted by Gasteiger charge is 2.29. The fraction of sp³-hybridized carbons (Fsp3) is 0.0968. The summed E-state index contributed by atoms with van der Waals surface area (Å²) in [6.07, 6.45) is 0.954. The van der Waals surface area contributed by atoms with Crippen molar-refractivity contribution < 1.29 is 37.0 Å². The molecule has 0 radical (unpaired) electrons. The Morgan fingerprint density at radius 2 is 1.67 bits per heavy atom. The van der Waals surface area contributed by atoms with Crippen molar-refractivity contribution in [1.29, 1.82) is 0 Å². The van der Waals surface area contributed by atoms with Gasteiger partial charge >= 0.3 is 19.6 Å². The van der Waals surface area contributed by atoms with Gasteiger partial charge in [0.1, 0.15) is 0 Å². The second-order valence-electron chi connectivity index (χ2n) is 9.64. The second-order valence-corrected chi connectivity index (χ2v) is 13.1. The third-order valence-electron chi connectivity index (χ3n) is 6.78. The van der Waals surface area contributed by atoms with Gasteiger partial charge in [-0.2, -0.15) is 0 Å². The van der Waals surface area contributed by atoms with Crippen LogP contribution in [0.5, 0.6) is 0 Å². The molecule has 0 amide bonds. The minimum atomic E-state index is -4.58. The van der Waals surface area contributed by atoms with E-state index in [-0.39, 0.29) is 12.6 Å². The Labute approximate surface area is 274 Å². The molecule has 0 saturated carbocycles. The zero-order valence-electron chi connectivity index (χ0n) is 23.3. The first-order chi connectivity index (χ1) is 21.6. The molecule has 0 aliphatic heterocycles. The quantitative estimate of drug-likeness (QED) is 0.0977. The number of hydrogen-bond donors (Lipinski definition) is 0. The minimum Gasteiger partial charge on any atom is -0.465 e. The summed E-state index contributed by atoms with van der Waals surface area (Å²) in [5.74, 6) is 0.0498. The maximum atomic E-state index is 12.6. The third-order valence-corrected chi connectivity index (χ3v) is 9.41. The molecule has 0 aliphatic rings. The van der Waals surface area contributed by atoms with E-state index in [2.05, 4.69) is 30.4 Å². The number of halogens is 5. The smallest absolute Gasteiger partial charge is 0.399 e. The van der Waals surface area contributed by atoms with Gasteiger partial charge in [0.15, 0.2) is 5.76 Å². The molecular weight excluding hydrogens is 716 g/mol. The number of anilines is 2.